The van der Waals surface area contributed by atoms with Crippen molar-refractivity contribution in [2.24, 2.45) is 7.05 Å². The monoisotopic (exact) mass is 331 g/mol. The van der Waals surface area contributed by atoms with E-state index < -0.39 is 0 Å². The molecule has 130 valence electrons. The highest BCUT2D eigenvalue weighted by Crippen LogP contribution is 2.25. The molecule has 3 rings (SSSR count). The van der Waals surface area contributed by atoms with Gasteiger partial charge < -0.3 is 14.0 Å². The molecule has 0 radical (unpaired) electrons. The predicted molar refractivity (Wildman–Crippen MR) is 89.1 cm³/mol. The zero-order valence-corrected chi connectivity index (χ0v) is 14.6. The maximum Gasteiger partial charge on any atom is 0.250 e. The minimum atomic E-state index is -0.179. The Hall–Kier alpha value is -2.15. The lowest BCUT2D eigenvalue weighted by Gasteiger charge is -2.29. The molecule has 7 nitrogen and oxygen atoms in total. The van der Waals surface area contributed by atoms with Gasteiger partial charge in [-0.25, -0.2) is 0 Å². The zero-order chi connectivity index (χ0) is 17.1. The molecule has 3 heterocycles. The van der Waals surface area contributed by atoms with Crippen molar-refractivity contribution in [2.45, 2.75) is 39.3 Å². The van der Waals surface area contributed by atoms with Crippen LogP contribution in [0.1, 0.15) is 43.2 Å². The van der Waals surface area contributed by atoms with Crippen LogP contribution in [0.4, 0.5) is 0 Å². The Morgan fingerprint density at radius 1 is 1.42 bits per heavy atom. The van der Waals surface area contributed by atoms with E-state index in [2.05, 4.69) is 45.0 Å². The Bertz CT molecular complexity index is 693. The first-order chi connectivity index (χ1) is 11.6. The van der Waals surface area contributed by atoms with Gasteiger partial charge in [-0.2, -0.15) is 4.98 Å². The lowest BCUT2D eigenvalue weighted by Crippen LogP contribution is -2.38. The van der Waals surface area contributed by atoms with Crippen molar-refractivity contribution in [3.63, 3.8) is 0 Å². The molecule has 1 fully saturated rings. The third-order valence-electron chi connectivity index (χ3n) is 4.57. The first kappa shape index (κ1) is 16.7. The lowest BCUT2D eigenvalue weighted by atomic mass is 10.2. The minimum Gasteiger partial charge on any atom is -0.353 e. The molecule has 7 heteroatoms. The van der Waals surface area contributed by atoms with Gasteiger partial charge >= 0.3 is 0 Å². The molecule has 1 aliphatic rings. The number of nitrogens with zero attached hydrogens (tertiary/aromatic N) is 5. The quantitative estimate of drug-likeness (QED) is 0.856. The smallest absolute Gasteiger partial charge is 0.250 e. The summed E-state index contributed by atoms with van der Waals surface area (Å²) >= 11 is 0. The van der Waals surface area contributed by atoms with Crippen molar-refractivity contribution in [3.05, 3.63) is 35.7 Å². The first-order valence-electron chi connectivity index (χ1n) is 8.50. The third-order valence-corrected chi connectivity index (χ3v) is 4.57. The highest BCUT2D eigenvalue weighted by molar-refractivity contribution is 5.76. The normalized spacial score (nSPS) is 19.5. The Labute approximate surface area is 142 Å². The van der Waals surface area contributed by atoms with Gasteiger partial charge in [0, 0.05) is 51.5 Å². The van der Waals surface area contributed by atoms with Gasteiger partial charge in [-0.1, -0.05) is 12.1 Å². The Kier molecular flexibility index (Phi) is 4.99. The molecule has 2 aromatic heterocycles. The number of carbonyl (C=O) groups is 1. The van der Waals surface area contributed by atoms with Crippen LogP contribution < -0.4 is 0 Å². The van der Waals surface area contributed by atoms with Crippen molar-refractivity contribution in [1.82, 2.24) is 24.5 Å². The van der Waals surface area contributed by atoms with Crippen LogP contribution in [-0.4, -0.2) is 50.0 Å². The predicted octanol–water partition coefficient (Wildman–Crippen LogP) is 1.90. The van der Waals surface area contributed by atoms with Crippen molar-refractivity contribution < 1.29 is 9.32 Å². The van der Waals surface area contributed by atoms with Crippen LogP contribution in [0.25, 0.3) is 0 Å². The largest absolute Gasteiger partial charge is 0.353 e. The SMILES string of the molecule is CCC(=O)N1CCCN(Cc2cccn2C)CC1c1nc(C)no1. The van der Waals surface area contributed by atoms with E-state index in [-0.39, 0.29) is 11.9 Å². The van der Waals surface area contributed by atoms with Crippen LogP contribution in [0, 0.1) is 6.92 Å². The summed E-state index contributed by atoms with van der Waals surface area (Å²) in [6.07, 6.45) is 3.49. The molecule has 0 aliphatic carbocycles. The number of hydrogen-bond acceptors (Lipinski definition) is 5. The molecule has 0 N–H and O–H groups in total. The van der Waals surface area contributed by atoms with E-state index in [1.807, 2.05) is 11.8 Å². The fourth-order valence-corrected chi connectivity index (χ4v) is 3.25. The van der Waals surface area contributed by atoms with Gasteiger partial charge in [0.05, 0.1) is 0 Å². The summed E-state index contributed by atoms with van der Waals surface area (Å²) in [4.78, 5) is 21.1. The van der Waals surface area contributed by atoms with Gasteiger partial charge in [0.25, 0.3) is 5.89 Å². The van der Waals surface area contributed by atoms with Crippen LogP contribution in [0.3, 0.4) is 0 Å². The Morgan fingerprint density at radius 2 is 2.25 bits per heavy atom. The average molecular weight is 331 g/mol. The van der Waals surface area contributed by atoms with Crippen molar-refractivity contribution in [2.75, 3.05) is 19.6 Å². The van der Waals surface area contributed by atoms with Crippen LogP contribution in [0.2, 0.25) is 0 Å². The molecule has 1 saturated heterocycles. The molecule has 24 heavy (non-hydrogen) atoms. The van der Waals surface area contributed by atoms with Gasteiger partial charge in [-0.15, -0.1) is 0 Å². The molecule has 0 spiro atoms. The lowest BCUT2D eigenvalue weighted by molar-refractivity contribution is -0.133. The fraction of sp³-hybridized carbons (Fsp3) is 0.588. The molecule has 2 aromatic rings. The van der Waals surface area contributed by atoms with Crippen molar-refractivity contribution in [3.8, 4) is 0 Å². The number of aryl methyl sites for hydroxylation is 2. The van der Waals surface area contributed by atoms with Crippen LogP contribution in [0.15, 0.2) is 22.9 Å². The summed E-state index contributed by atoms with van der Waals surface area (Å²) in [6, 6.07) is 4.01. The van der Waals surface area contributed by atoms with E-state index >= 15 is 0 Å². The molecule has 1 aliphatic heterocycles. The molecule has 1 atom stereocenters. The van der Waals surface area contributed by atoms with Gasteiger partial charge in [0.2, 0.25) is 5.91 Å². The molecule has 1 unspecified atom stereocenters. The van der Waals surface area contributed by atoms with Crippen LogP contribution in [0.5, 0.6) is 0 Å². The zero-order valence-electron chi connectivity index (χ0n) is 14.6. The van der Waals surface area contributed by atoms with Gasteiger partial charge in [0.15, 0.2) is 5.82 Å². The number of amides is 1. The Morgan fingerprint density at radius 3 is 2.88 bits per heavy atom. The molecular weight excluding hydrogens is 306 g/mol. The fourth-order valence-electron chi connectivity index (χ4n) is 3.25. The minimum absolute atomic E-state index is 0.136. The van der Waals surface area contributed by atoms with E-state index in [1.54, 1.807) is 6.92 Å². The molecule has 1 amide bonds. The maximum absolute atomic E-state index is 12.4. The topological polar surface area (TPSA) is 67.4 Å². The standard InChI is InChI=1S/C17H25N5O2/c1-4-16(23)22-10-6-9-21(11-14-7-5-8-20(14)3)12-15(22)17-18-13(2)19-24-17/h5,7-8,15H,4,6,9-12H2,1-3H3. The van der Waals surface area contributed by atoms with E-state index in [1.165, 1.54) is 5.69 Å². The van der Waals surface area contributed by atoms with Gasteiger partial charge in [0.1, 0.15) is 6.04 Å². The van der Waals surface area contributed by atoms with Gasteiger partial charge in [-0.3, -0.25) is 9.69 Å². The second-order valence-corrected chi connectivity index (χ2v) is 6.34. The van der Waals surface area contributed by atoms with Crippen LogP contribution in [-0.2, 0) is 18.4 Å². The van der Waals surface area contributed by atoms with Crippen LogP contribution >= 0.6 is 0 Å². The maximum atomic E-state index is 12.4. The van der Waals surface area contributed by atoms with Gasteiger partial charge in [-0.05, 0) is 25.5 Å². The number of hydrogen-bond donors (Lipinski definition) is 0. The summed E-state index contributed by atoms with van der Waals surface area (Å²) in [7, 11) is 2.05. The number of aromatic nitrogens is 3. The molecular formula is C17H25N5O2. The Balaban J connectivity index is 1.83. The molecule has 0 saturated carbocycles. The first-order valence-corrected chi connectivity index (χ1v) is 8.50. The molecule has 0 aromatic carbocycles. The highest BCUT2D eigenvalue weighted by atomic mass is 16.5. The second-order valence-electron chi connectivity index (χ2n) is 6.34. The number of carbonyl (C=O) groups excluding carboxylic acids is 1. The van der Waals surface area contributed by atoms with E-state index in [0.29, 0.717) is 24.7 Å². The summed E-state index contributed by atoms with van der Waals surface area (Å²) in [6.45, 7) is 6.92. The van der Waals surface area contributed by atoms with Crippen molar-refractivity contribution in [1.29, 1.82) is 0 Å². The summed E-state index contributed by atoms with van der Waals surface area (Å²) in [5, 5.41) is 3.91. The van der Waals surface area contributed by atoms with E-state index in [9.17, 15) is 4.79 Å². The summed E-state index contributed by atoms with van der Waals surface area (Å²) < 4.78 is 7.54. The number of rotatable bonds is 4. The summed E-state index contributed by atoms with van der Waals surface area (Å²) in [5.74, 6) is 1.27. The highest BCUT2D eigenvalue weighted by Gasteiger charge is 2.32. The third kappa shape index (κ3) is 3.51. The van der Waals surface area contributed by atoms with E-state index in [0.717, 1.165) is 26.1 Å². The molecule has 0 bridgehead atoms. The second kappa shape index (κ2) is 7.17. The van der Waals surface area contributed by atoms with Crippen molar-refractivity contribution >= 4 is 5.91 Å². The van der Waals surface area contributed by atoms with E-state index in [4.69, 9.17) is 4.52 Å². The summed E-state index contributed by atoms with van der Waals surface area (Å²) in [5.41, 5.74) is 1.26. The average Bonchev–Trinajstić information content (AvgIpc) is 3.11.